The first-order valence-corrected chi connectivity index (χ1v) is 7.94. The second kappa shape index (κ2) is 6.82. The largest absolute Gasteiger partial charge is 0.444 e. The van der Waals surface area contributed by atoms with Crippen molar-refractivity contribution >= 4 is 6.09 Å². The number of benzene rings is 1. The summed E-state index contributed by atoms with van der Waals surface area (Å²) in [4.78, 5) is 13.6. The highest BCUT2D eigenvalue weighted by atomic mass is 19.4. The third kappa shape index (κ3) is 4.62. The molecule has 1 fully saturated rings. The van der Waals surface area contributed by atoms with Crippen LogP contribution in [0.15, 0.2) is 18.2 Å². The molecule has 1 aliphatic heterocycles. The van der Waals surface area contributed by atoms with E-state index in [9.17, 15) is 27.5 Å². The van der Waals surface area contributed by atoms with E-state index in [4.69, 9.17) is 4.74 Å². The van der Waals surface area contributed by atoms with E-state index in [1.54, 1.807) is 20.8 Å². The number of rotatable bonds is 2. The normalized spacial score (nSPS) is 19.8. The number of aliphatic hydroxyl groups excluding tert-OH is 1. The lowest BCUT2D eigenvalue weighted by molar-refractivity contribution is -0.140. The first kappa shape index (κ1) is 19.5. The van der Waals surface area contributed by atoms with Crippen LogP contribution in [0.4, 0.5) is 22.4 Å². The topological polar surface area (TPSA) is 49.8 Å². The molecule has 1 heterocycles. The van der Waals surface area contributed by atoms with Gasteiger partial charge in [-0.05, 0) is 51.3 Å². The Morgan fingerprint density at radius 3 is 2.48 bits per heavy atom. The van der Waals surface area contributed by atoms with Crippen LogP contribution in [0.25, 0.3) is 0 Å². The Morgan fingerprint density at radius 2 is 1.96 bits per heavy atom. The summed E-state index contributed by atoms with van der Waals surface area (Å²) < 4.78 is 56.9. The molecule has 1 aliphatic rings. The molecule has 0 radical (unpaired) electrons. The van der Waals surface area contributed by atoms with Gasteiger partial charge >= 0.3 is 12.3 Å². The Labute approximate surface area is 143 Å². The molecule has 1 aromatic carbocycles. The van der Waals surface area contributed by atoms with E-state index in [0.29, 0.717) is 31.5 Å². The van der Waals surface area contributed by atoms with Gasteiger partial charge < -0.3 is 14.7 Å². The second-order valence-electron chi connectivity index (χ2n) is 7.07. The summed E-state index contributed by atoms with van der Waals surface area (Å²) in [7, 11) is 0. The first-order chi connectivity index (χ1) is 11.4. The summed E-state index contributed by atoms with van der Waals surface area (Å²) in [5, 5.41) is 10.5. The third-order valence-electron chi connectivity index (χ3n) is 3.93. The summed E-state index contributed by atoms with van der Waals surface area (Å²) >= 11 is 0. The lowest BCUT2D eigenvalue weighted by atomic mass is 9.99. The zero-order chi connectivity index (χ0) is 19.0. The Hall–Kier alpha value is -1.83. The van der Waals surface area contributed by atoms with E-state index >= 15 is 0 Å². The first-order valence-electron chi connectivity index (χ1n) is 7.94. The van der Waals surface area contributed by atoms with Gasteiger partial charge in [-0.3, -0.25) is 0 Å². The lowest BCUT2D eigenvalue weighted by Gasteiger charge is -2.31. The maximum absolute atomic E-state index is 13.7. The molecule has 8 heteroatoms. The molecule has 25 heavy (non-hydrogen) atoms. The quantitative estimate of drug-likeness (QED) is 0.798. The highest BCUT2D eigenvalue weighted by Gasteiger charge is 2.38. The predicted octanol–water partition coefficient (Wildman–Crippen LogP) is 4.28. The van der Waals surface area contributed by atoms with Crippen LogP contribution < -0.4 is 0 Å². The molecule has 2 rings (SSSR count). The lowest BCUT2D eigenvalue weighted by Crippen LogP contribution is -2.42. The van der Waals surface area contributed by atoms with Crippen LogP contribution in [-0.2, 0) is 10.9 Å². The van der Waals surface area contributed by atoms with Crippen LogP contribution >= 0.6 is 0 Å². The fourth-order valence-electron chi connectivity index (χ4n) is 2.84. The highest BCUT2D eigenvalue weighted by Crippen LogP contribution is 2.35. The standard InChI is InChI=1S/C17H21F4NO3/c1-16(2,3)25-15(24)22-8-4-5-13(22)14(23)10-6-7-11(12(18)9-10)17(19,20)21/h6-7,9,13-14,23H,4-5,8H2,1-3H3/t13?,14-/m1/s1. The van der Waals surface area contributed by atoms with Crippen LogP contribution in [0.3, 0.4) is 0 Å². The second-order valence-corrected chi connectivity index (χ2v) is 7.07. The van der Waals surface area contributed by atoms with Crippen molar-refractivity contribution < 1.29 is 32.2 Å². The number of halogens is 4. The highest BCUT2D eigenvalue weighted by molar-refractivity contribution is 5.69. The number of nitrogens with zero attached hydrogens (tertiary/aromatic N) is 1. The van der Waals surface area contributed by atoms with Gasteiger partial charge in [-0.2, -0.15) is 13.2 Å². The number of hydrogen-bond acceptors (Lipinski definition) is 3. The predicted molar refractivity (Wildman–Crippen MR) is 82.3 cm³/mol. The number of hydrogen-bond donors (Lipinski definition) is 1. The fourth-order valence-corrected chi connectivity index (χ4v) is 2.84. The summed E-state index contributed by atoms with van der Waals surface area (Å²) in [5.41, 5.74) is -2.11. The maximum Gasteiger partial charge on any atom is 0.419 e. The number of likely N-dealkylation sites (tertiary alicyclic amines) is 1. The number of carbonyl (C=O) groups is 1. The van der Waals surface area contributed by atoms with Gasteiger partial charge in [0.2, 0.25) is 0 Å². The SMILES string of the molecule is CC(C)(C)OC(=O)N1CCCC1[C@H](O)c1ccc(C(F)(F)F)c(F)c1. The van der Waals surface area contributed by atoms with Gasteiger partial charge in [0, 0.05) is 6.54 Å². The van der Waals surface area contributed by atoms with Gasteiger partial charge in [-0.25, -0.2) is 9.18 Å². The average molecular weight is 363 g/mol. The minimum absolute atomic E-state index is 0.00837. The Kier molecular flexibility index (Phi) is 5.32. The van der Waals surface area contributed by atoms with E-state index in [1.807, 2.05) is 0 Å². The molecule has 140 valence electrons. The van der Waals surface area contributed by atoms with Gasteiger partial charge in [0.1, 0.15) is 11.4 Å². The van der Waals surface area contributed by atoms with Crippen molar-refractivity contribution in [1.29, 1.82) is 0 Å². The van der Waals surface area contributed by atoms with Gasteiger partial charge in [0.05, 0.1) is 17.7 Å². The molecule has 1 unspecified atom stereocenters. The molecule has 1 saturated heterocycles. The Bertz CT molecular complexity index is 640. The van der Waals surface area contributed by atoms with Gasteiger partial charge in [0.25, 0.3) is 0 Å². The van der Waals surface area contributed by atoms with Gasteiger partial charge in [0.15, 0.2) is 0 Å². The van der Waals surface area contributed by atoms with Crippen molar-refractivity contribution in [3.63, 3.8) is 0 Å². The molecule has 1 N–H and O–H groups in total. The fraction of sp³-hybridized carbons (Fsp3) is 0.588. The van der Waals surface area contributed by atoms with Crippen LogP contribution in [0.2, 0.25) is 0 Å². The molecule has 0 saturated carbocycles. The van der Waals surface area contributed by atoms with E-state index in [2.05, 4.69) is 0 Å². The smallest absolute Gasteiger partial charge is 0.419 e. The summed E-state index contributed by atoms with van der Waals surface area (Å²) in [6.07, 6.45) is -5.65. The number of ether oxygens (including phenoxy) is 1. The van der Waals surface area contributed by atoms with Crippen LogP contribution in [0.1, 0.15) is 50.8 Å². The van der Waals surface area contributed by atoms with Crippen molar-refractivity contribution in [2.45, 2.75) is 57.5 Å². The third-order valence-corrected chi connectivity index (χ3v) is 3.93. The van der Waals surface area contributed by atoms with Crippen LogP contribution in [0.5, 0.6) is 0 Å². The van der Waals surface area contributed by atoms with E-state index in [1.165, 1.54) is 4.90 Å². The molecule has 0 spiro atoms. The van der Waals surface area contributed by atoms with E-state index < -0.39 is 41.4 Å². The number of alkyl halides is 3. The molecule has 0 aromatic heterocycles. The van der Waals surface area contributed by atoms with Crippen molar-refractivity contribution in [1.82, 2.24) is 4.90 Å². The van der Waals surface area contributed by atoms with Gasteiger partial charge in [-0.1, -0.05) is 6.07 Å². The molecule has 1 amide bonds. The van der Waals surface area contributed by atoms with Crippen molar-refractivity contribution in [2.24, 2.45) is 0 Å². The van der Waals surface area contributed by atoms with Crippen LogP contribution in [-0.4, -0.2) is 34.3 Å². The minimum atomic E-state index is -4.80. The van der Waals surface area contributed by atoms with Crippen LogP contribution in [0, 0.1) is 5.82 Å². The number of amides is 1. The molecular weight excluding hydrogens is 342 g/mol. The molecule has 0 bridgehead atoms. The molecular formula is C17H21F4NO3. The van der Waals surface area contributed by atoms with E-state index in [-0.39, 0.29) is 5.56 Å². The average Bonchev–Trinajstić information content (AvgIpc) is 2.92. The molecule has 2 atom stereocenters. The Balaban J connectivity index is 2.20. The van der Waals surface area contributed by atoms with Gasteiger partial charge in [-0.15, -0.1) is 0 Å². The molecule has 1 aromatic rings. The minimum Gasteiger partial charge on any atom is -0.444 e. The maximum atomic E-state index is 13.7. The molecule has 4 nitrogen and oxygen atoms in total. The summed E-state index contributed by atoms with van der Waals surface area (Å²) in [6, 6.07) is 1.62. The van der Waals surface area contributed by atoms with Crippen molar-refractivity contribution in [3.05, 3.63) is 35.1 Å². The van der Waals surface area contributed by atoms with E-state index in [0.717, 1.165) is 6.07 Å². The van der Waals surface area contributed by atoms with Crippen molar-refractivity contribution in [2.75, 3.05) is 6.54 Å². The Morgan fingerprint density at radius 1 is 1.32 bits per heavy atom. The summed E-state index contributed by atoms with van der Waals surface area (Å²) in [6.45, 7) is 5.48. The monoisotopic (exact) mass is 363 g/mol. The zero-order valence-corrected chi connectivity index (χ0v) is 14.2. The number of carbonyl (C=O) groups excluding carboxylic acids is 1. The molecule has 0 aliphatic carbocycles. The zero-order valence-electron chi connectivity index (χ0n) is 14.2. The summed E-state index contributed by atoms with van der Waals surface area (Å²) in [5.74, 6) is -1.45. The number of aliphatic hydroxyl groups is 1. The van der Waals surface area contributed by atoms with Crippen molar-refractivity contribution in [3.8, 4) is 0 Å².